The van der Waals surface area contributed by atoms with E-state index in [0.29, 0.717) is 19.3 Å². The Morgan fingerprint density at radius 1 is 0.247 bits per heavy atom. The normalized spacial score (nSPS) is 12.4. The molecule has 0 aliphatic heterocycles. The molecule has 0 saturated carbocycles. The Bertz CT molecular complexity index is 1440. The third-order valence-electron chi connectivity index (χ3n) is 16.0. The number of rotatable bonds is 66. The van der Waals surface area contributed by atoms with Crippen LogP contribution in [0.25, 0.3) is 0 Å². The smallest absolute Gasteiger partial charge is 0.306 e. The molecule has 0 N–H and O–H groups in total. The second kappa shape index (κ2) is 69.6. The van der Waals surface area contributed by atoms with Crippen molar-refractivity contribution in [2.75, 3.05) is 13.2 Å². The molecule has 1 atom stereocenters. The molecule has 0 aromatic rings. The van der Waals surface area contributed by atoms with Crippen LogP contribution in [-0.4, -0.2) is 37.2 Å². The fourth-order valence-corrected chi connectivity index (χ4v) is 10.6. The number of unbranched alkanes of at least 4 members (excludes halogenated alkanes) is 45. The lowest BCUT2D eigenvalue weighted by Crippen LogP contribution is -2.30. The predicted octanol–water partition coefficient (Wildman–Crippen LogP) is 24.7. The molecule has 0 aliphatic carbocycles. The summed E-state index contributed by atoms with van der Waals surface area (Å²) < 4.78 is 17.0. The summed E-state index contributed by atoms with van der Waals surface area (Å²) in [6.45, 7) is 6.67. The highest BCUT2D eigenvalue weighted by molar-refractivity contribution is 5.71. The fraction of sp³-hybridized carbons (Fsp3) is 0.827. The molecule has 0 rings (SSSR count). The van der Waals surface area contributed by atoms with Crippen LogP contribution in [0.3, 0.4) is 0 Å². The van der Waals surface area contributed by atoms with Gasteiger partial charge in [0.25, 0.3) is 0 Å². The van der Waals surface area contributed by atoms with E-state index in [0.717, 1.165) is 77.0 Å². The van der Waals surface area contributed by atoms with Gasteiger partial charge >= 0.3 is 17.9 Å². The summed E-state index contributed by atoms with van der Waals surface area (Å²) in [5.41, 5.74) is 0. The molecule has 6 nitrogen and oxygen atoms in total. The highest BCUT2D eigenvalue weighted by Crippen LogP contribution is 2.18. The van der Waals surface area contributed by atoms with Crippen LogP contribution in [0.5, 0.6) is 0 Å². The van der Waals surface area contributed by atoms with Gasteiger partial charge in [0, 0.05) is 19.3 Å². The molecule has 0 bridgehead atoms. The van der Waals surface area contributed by atoms with Crippen molar-refractivity contribution in [2.24, 2.45) is 0 Å². The molecular formula is C75H136O6. The molecule has 0 fully saturated rings. The zero-order valence-electron chi connectivity index (χ0n) is 54.3. The fourth-order valence-electron chi connectivity index (χ4n) is 10.6. The van der Waals surface area contributed by atoms with E-state index in [2.05, 4.69) is 81.5 Å². The van der Waals surface area contributed by atoms with Gasteiger partial charge in [-0.3, -0.25) is 14.4 Å². The van der Waals surface area contributed by atoms with Crippen LogP contribution in [0.4, 0.5) is 0 Å². The molecule has 0 aromatic carbocycles. The Balaban J connectivity index is 4.23. The number of allylic oxidation sites excluding steroid dienone is 10. The van der Waals surface area contributed by atoms with Crippen molar-refractivity contribution in [2.45, 2.75) is 386 Å². The summed E-state index contributed by atoms with van der Waals surface area (Å²) in [7, 11) is 0. The largest absolute Gasteiger partial charge is 0.462 e. The highest BCUT2D eigenvalue weighted by Gasteiger charge is 2.19. The number of esters is 3. The van der Waals surface area contributed by atoms with Crippen LogP contribution in [0.15, 0.2) is 60.8 Å². The van der Waals surface area contributed by atoms with E-state index in [1.54, 1.807) is 0 Å². The molecule has 0 heterocycles. The van der Waals surface area contributed by atoms with Gasteiger partial charge in [0.05, 0.1) is 0 Å². The third-order valence-corrected chi connectivity index (χ3v) is 16.0. The van der Waals surface area contributed by atoms with E-state index >= 15 is 0 Å². The molecule has 0 saturated heterocycles. The average molecular weight is 1130 g/mol. The van der Waals surface area contributed by atoms with Gasteiger partial charge in [-0.05, 0) is 89.9 Å². The minimum absolute atomic E-state index is 0.0714. The first-order valence-corrected chi connectivity index (χ1v) is 35.8. The van der Waals surface area contributed by atoms with Crippen LogP contribution < -0.4 is 0 Å². The van der Waals surface area contributed by atoms with Gasteiger partial charge in [0.15, 0.2) is 6.10 Å². The Morgan fingerprint density at radius 2 is 0.444 bits per heavy atom. The van der Waals surface area contributed by atoms with Crippen LogP contribution in [0, 0.1) is 0 Å². The Labute approximate surface area is 504 Å². The van der Waals surface area contributed by atoms with E-state index in [-0.39, 0.29) is 31.1 Å². The van der Waals surface area contributed by atoms with Crippen molar-refractivity contribution in [3.8, 4) is 0 Å². The quantitative estimate of drug-likeness (QED) is 0.0261. The zero-order valence-corrected chi connectivity index (χ0v) is 54.3. The van der Waals surface area contributed by atoms with E-state index in [4.69, 9.17) is 14.2 Å². The lowest BCUT2D eigenvalue weighted by molar-refractivity contribution is -0.167. The van der Waals surface area contributed by atoms with Crippen molar-refractivity contribution < 1.29 is 28.6 Å². The van der Waals surface area contributed by atoms with Crippen molar-refractivity contribution in [1.29, 1.82) is 0 Å². The first-order valence-electron chi connectivity index (χ1n) is 35.8. The van der Waals surface area contributed by atoms with E-state index in [1.807, 2.05) is 0 Å². The first kappa shape index (κ1) is 78.1. The molecular weight excluding hydrogens is 997 g/mol. The topological polar surface area (TPSA) is 78.9 Å². The number of hydrogen-bond acceptors (Lipinski definition) is 6. The molecule has 0 aliphatic rings. The minimum atomic E-state index is -0.776. The van der Waals surface area contributed by atoms with E-state index in [1.165, 1.54) is 263 Å². The van der Waals surface area contributed by atoms with Gasteiger partial charge in [0.2, 0.25) is 0 Å². The maximum Gasteiger partial charge on any atom is 0.306 e. The Kier molecular flexibility index (Phi) is 67.1. The number of carbonyl (C=O) groups excluding carboxylic acids is 3. The van der Waals surface area contributed by atoms with Crippen molar-refractivity contribution >= 4 is 17.9 Å². The van der Waals surface area contributed by atoms with Crippen molar-refractivity contribution in [1.82, 2.24) is 0 Å². The standard InChI is InChI=1S/C75H136O6/c1-4-7-10-13-16-19-22-25-27-29-31-33-34-35-36-37-38-39-40-42-43-45-47-50-53-56-59-62-65-68-74(77)80-71-72(70-79-73(76)67-64-61-58-55-52-49-24-21-18-15-12-9-6-3)81-75(78)69-66-63-60-57-54-51-48-46-44-41-32-30-28-26-23-20-17-14-11-8-5-2/h22-23,25-26,29-32,34-35,72H,4-21,24,27-28,33,36-71H2,1-3H3/b25-22-,26-23-,31-29-,32-30-,35-34-. The second-order valence-electron chi connectivity index (χ2n) is 24.1. The van der Waals surface area contributed by atoms with Crippen LogP contribution in [0.1, 0.15) is 380 Å². The van der Waals surface area contributed by atoms with Crippen LogP contribution in [0.2, 0.25) is 0 Å². The molecule has 0 radical (unpaired) electrons. The summed E-state index contributed by atoms with van der Waals surface area (Å²) in [6.07, 6.45) is 89.6. The van der Waals surface area contributed by atoms with E-state index in [9.17, 15) is 14.4 Å². The number of carbonyl (C=O) groups is 3. The van der Waals surface area contributed by atoms with Crippen molar-refractivity contribution in [3.05, 3.63) is 60.8 Å². The maximum atomic E-state index is 12.9. The monoisotopic (exact) mass is 1130 g/mol. The van der Waals surface area contributed by atoms with Gasteiger partial charge in [-0.1, -0.05) is 332 Å². The first-order chi connectivity index (χ1) is 40.0. The van der Waals surface area contributed by atoms with E-state index < -0.39 is 6.10 Å². The van der Waals surface area contributed by atoms with Gasteiger partial charge in [-0.15, -0.1) is 0 Å². The molecule has 6 heteroatoms. The molecule has 472 valence electrons. The van der Waals surface area contributed by atoms with Gasteiger partial charge in [-0.25, -0.2) is 0 Å². The molecule has 0 aromatic heterocycles. The summed E-state index contributed by atoms with van der Waals surface area (Å²) in [6, 6.07) is 0. The predicted molar refractivity (Wildman–Crippen MR) is 353 cm³/mol. The SMILES string of the molecule is CCCCCCC/C=C\C/C=C\C/C=C\CCCCCCCCCCCCCCCCC(=O)OCC(COC(=O)CCCCCCCCCCCCCCC)OC(=O)CCCCCCCCCCC/C=C\C/C=C\CCCCCCC. The summed E-state index contributed by atoms with van der Waals surface area (Å²) >= 11 is 0. The zero-order chi connectivity index (χ0) is 58.5. The summed E-state index contributed by atoms with van der Waals surface area (Å²) in [5, 5.41) is 0. The van der Waals surface area contributed by atoms with Crippen LogP contribution in [-0.2, 0) is 28.6 Å². The average Bonchev–Trinajstić information content (AvgIpc) is 3.46. The third kappa shape index (κ3) is 67.8. The number of hydrogen-bond donors (Lipinski definition) is 0. The number of ether oxygens (including phenoxy) is 3. The minimum Gasteiger partial charge on any atom is -0.462 e. The lowest BCUT2D eigenvalue weighted by Gasteiger charge is -2.18. The maximum absolute atomic E-state index is 12.9. The summed E-state index contributed by atoms with van der Waals surface area (Å²) in [5.74, 6) is -0.852. The lowest BCUT2D eigenvalue weighted by atomic mass is 10.0. The van der Waals surface area contributed by atoms with Gasteiger partial charge in [-0.2, -0.15) is 0 Å². The molecule has 81 heavy (non-hydrogen) atoms. The highest BCUT2D eigenvalue weighted by atomic mass is 16.6. The summed E-state index contributed by atoms with van der Waals surface area (Å²) in [4.78, 5) is 38.4. The van der Waals surface area contributed by atoms with Crippen LogP contribution >= 0.6 is 0 Å². The molecule has 0 amide bonds. The molecule has 0 spiro atoms. The van der Waals surface area contributed by atoms with Gasteiger partial charge in [0.1, 0.15) is 13.2 Å². The molecule has 1 unspecified atom stereocenters. The second-order valence-corrected chi connectivity index (χ2v) is 24.1. The Hall–Kier alpha value is -2.89. The van der Waals surface area contributed by atoms with Crippen molar-refractivity contribution in [3.63, 3.8) is 0 Å². The Morgan fingerprint density at radius 3 is 0.691 bits per heavy atom. The van der Waals surface area contributed by atoms with Gasteiger partial charge < -0.3 is 14.2 Å².